The van der Waals surface area contributed by atoms with Gasteiger partial charge in [0.15, 0.2) is 0 Å². The van der Waals surface area contributed by atoms with Crippen LogP contribution in [0.25, 0.3) is 0 Å². The molecule has 0 saturated carbocycles. The third-order valence-corrected chi connectivity index (χ3v) is 3.14. The van der Waals surface area contributed by atoms with Crippen LogP contribution in [0.5, 0.6) is 5.75 Å². The number of nitrogens with one attached hydrogen (secondary N) is 1. The van der Waals surface area contributed by atoms with Crippen molar-refractivity contribution >= 4 is 5.91 Å². The van der Waals surface area contributed by atoms with Crippen LogP contribution in [0.3, 0.4) is 0 Å². The lowest BCUT2D eigenvalue weighted by Crippen LogP contribution is -2.22. The predicted molar refractivity (Wildman–Crippen MR) is 76.6 cm³/mol. The van der Waals surface area contributed by atoms with Gasteiger partial charge in [-0.05, 0) is 42.7 Å². The van der Waals surface area contributed by atoms with Gasteiger partial charge in [0.1, 0.15) is 11.5 Å². The zero-order chi connectivity index (χ0) is 14.4. The van der Waals surface area contributed by atoms with Crippen molar-refractivity contribution in [3.05, 3.63) is 53.5 Å². The first-order valence-corrected chi connectivity index (χ1v) is 6.61. The van der Waals surface area contributed by atoms with Gasteiger partial charge < -0.3 is 14.5 Å². The van der Waals surface area contributed by atoms with Gasteiger partial charge in [-0.15, -0.1) is 0 Å². The van der Waals surface area contributed by atoms with Crippen LogP contribution in [-0.2, 0) is 17.8 Å². The summed E-state index contributed by atoms with van der Waals surface area (Å²) < 4.78 is 10.4. The molecule has 2 aromatic rings. The molecule has 20 heavy (non-hydrogen) atoms. The molecule has 4 nitrogen and oxygen atoms in total. The normalized spacial score (nSPS) is 10.3. The van der Waals surface area contributed by atoms with E-state index >= 15 is 0 Å². The number of hydrogen-bond acceptors (Lipinski definition) is 3. The van der Waals surface area contributed by atoms with E-state index in [1.807, 2.05) is 31.2 Å². The van der Waals surface area contributed by atoms with E-state index in [9.17, 15) is 4.79 Å². The maximum absolute atomic E-state index is 11.7. The molecule has 0 bridgehead atoms. The first kappa shape index (κ1) is 14.2. The van der Waals surface area contributed by atoms with E-state index in [1.54, 1.807) is 13.4 Å². The maximum atomic E-state index is 11.7. The number of benzene rings is 1. The fraction of sp³-hybridized carbons (Fsp3) is 0.312. The summed E-state index contributed by atoms with van der Waals surface area (Å²) in [6.45, 7) is 2.44. The Bertz CT molecular complexity index is 561. The molecule has 0 saturated heterocycles. The maximum Gasteiger partial charge on any atom is 0.220 e. The van der Waals surface area contributed by atoms with Crippen molar-refractivity contribution in [1.82, 2.24) is 5.32 Å². The number of amides is 1. The Kier molecular flexibility index (Phi) is 4.82. The molecule has 0 aliphatic rings. The summed E-state index contributed by atoms with van der Waals surface area (Å²) in [5.74, 6) is 1.66. The van der Waals surface area contributed by atoms with E-state index in [2.05, 4.69) is 11.4 Å². The van der Waals surface area contributed by atoms with Crippen LogP contribution in [0.1, 0.15) is 23.3 Å². The summed E-state index contributed by atoms with van der Waals surface area (Å²) in [6, 6.07) is 9.63. The lowest BCUT2D eigenvalue weighted by atomic mass is 10.1. The number of carbonyl (C=O) groups is 1. The summed E-state index contributed by atoms with van der Waals surface area (Å²) >= 11 is 0. The van der Waals surface area contributed by atoms with Crippen molar-refractivity contribution in [2.75, 3.05) is 7.11 Å². The number of furan rings is 1. The molecule has 106 valence electrons. The van der Waals surface area contributed by atoms with Crippen LogP contribution in [-0.4, -0.2) is 13.0 Å². The Morgan fingerprint density at radius 1 is 1.35 bits per heavy atom. The Hall–Kier alpha value is -2.23. The minimum Gasteiger partial charge on any atom is -0.496 e. The smallest absolute Gasteiger partial charge is 0.220 e. The van der Waals surface area contributed by atoms with Gasteiger partial charge in [0.2, 0.25) is 5.91 Å². The molecule has 1 aromatic heterocycles. The van der Waals surface area contributed by atoms with Crippen LogP contribution >= 0.6 is 0 Å². The first-order valence-electron chi connectivity index (χ1n) is 6.61. The molecule has 1 aromatic carbocycles. The van der Waals surface area contributed by atoms with Crippen LogP contribution in [0, 0.1) is 6.92 Å². The lowest BCUT2D eigenvalue weighted by Gasteiger charge is -2.07. The Morgan fingerprint density at radius 3 is 2.85 bits per heavy atom. The van der Waals surface area contributed by atoms with Gasteiger partial charge in [-0.25, -0.2) is 0 Å². The molecule has 1 N–H and O–H groups in total. The highest BCUT2D eigenvalue weighted by Gasteiger charge is 2.05. The van der Waals surface area contributed by atoms with E-state index in [1.165, 1.54) is 0 Å². The molecule has 0 spiro atoms. The Balaban J connectivity index is 1.79. The average molecular weight is 273 g/mol. The second-order valence-electron chi connectivity index (χ2n) is 4.66. The third-order valence-electron chi connectivity index (χ3n) is 3.14. The van der Waals surface area contributed by atoms with Crippen LogP contribution in [0.4, 0.5) is 0 Å². The fourth-order valence-electron chi connectivity index (χ4n) is 2.04. The van der Waals surface area contributed by atoms with Crippen molar-refractivity contribution in [2.45, 2.75) is 26.3 Å². The van der Waals surface area contributed by atoms with Crippen LogP contribution < -0.4 is 10.1 Å². The molecule has 0 unspecified atom stereocenters. The quantitative estimate of drug-likeness (QED) is 0.880. The van der Waals surface area contributed by atoms with Gasteiger partial charge in [0, 0.05) is 6.42 Å². The minimum atomic E-state index is 0.0230. The van der Waals surface area contributed by atoms with Gasteiger partial charge in [-0.2, -0.15) is 0 Å². The van der Waals surface area contributed by atoms with E-state index in [0.29, 0.717) is 13.0 Å². The van der Waals surface area contributed by atoms with E-state index in [0.717, 1.165) is 29.1 Å². The highest BCUT2D eigenvalue weighted by Crippen LogP contribution is 2.19. The Labute approximate surface area is 118 Å². The molecule has 0 atom stereocenters. The minimum absolute atomic E-state index is 0.0230. The molecular weight excluding hydrogens is 254 g/mol. The van der Waals surface area contributed by atoms with Crippen molar-refractivity contribution < 1.29 is 13.9 Å². The molecule has 2 rings (SSSR count). The van der Waals surface area contributed by atoms with E-state index < -0.39 is 0 Å². The van der Waals surface area contributed by atoms with Crippen molar-refractivity contribution in [3.63, 3.8) is 0 Å². The van der Waals surface area contributed by atoms with Gasteiger partial charge in [-0.1, -0.05) is 12.1 Å². The number of aryl methyl sites for hydroxylation is 2. The second-order valence-corrected chi connectivity index (χ2v) is 4.66. The molecule has 0 radical (unpaired) electrons. The molecule has 0 aliphatic carbocycles. The van der Waals surface area contributed by atoms with Crippen LogP contribution in [0.2, 0.25) is 0 Å². The standard InChI is InChI=1S/C16H19NO3/c1-12-10-13(5-7-15(12)19-2)6-8-16(18)17-11-14-4-3-9-20-14/h3-5,7,9-10H,6,8,11H2,1-2H3,(H,17,18). The third kappa shape index (κ3) is 3.88. The summed E-state index contributed by atoms with van der Waals surface area (Å²) in [7, 11) is 1.66. The molecule has 1 heterocycles. The highest BCUT2D eigenvalue weighted by atomic mass is 16.5. The average Bonchev–Trinajstić information content (AvgIpc) is 2.96. The zero-order valence-electron chi connectivity index (χ0n) is 11.8. The monoisotopic (exact) mass is 273 g/mol. The first-order chi connectivity index (χ1) is 9.69. The SMILES string of the molecule is COc1ccc(CCC(=O)NCc2ccco2)cc1C. The number of rotatable bonds is 6. The van der Waals surface area contributed by atoms with E-state index in [-0.39, 0.29) is 5.91 Å². The van der Waals surface area contributed by atoms with Gasteiger partial charge in [0.25, 0.3) is 0 Å². The summed E-state index contributed by atoms with van der Waals surface area (Å²) in [4.78, 5) is 11.7. The number of hydrogen-bond donors (Lipinski definition) is 1. The van der Waals surface area contributed by atoms with Gasteiger partial charge in [0.05, 0.1) is 19.9 Å². The second kappa shape index (κ2) is 6.80. The van der Waals surface area contributed by atoms with Crippen LogP contribution in [0.15, 0.2) is 41.0 Å². The largest absolute Gasteiger partial charge is 0.496 e. The molecule has 0 fully saturated rings. The Morgan fingerprint density at radius 2 is 2.20 bits per heavy atom. The molecule has 0 aliphatic heterocycles. The molecule has 1 amide bonds. The number of methoxy groups -OCH3 is 1. The van der Waals surface area contributed by atoms with Crippen molar-refractivity contribution in [3.8, 4) is 5.75 Å². The lowest BCUT2D eigenvalue weighted by molar-refractivity contribution is -0.121. The van der Waals surface area contributed by atoms with Crippen molar-refractivity contribution in [1.29, 1.82) is 0 Å². The van der Waals surface area contributed by atoms with E-state index in [4.69, 9.17) is 9.15 Å². The topological polar surface area (TPSA) is 51.5 Å². The summed E-state index contributed by atoms with van der Waals surface area (Å²) in [5.41, 5.74) is 2.22. The van der Waals surface area contributed by atoms with Crippen molar-refractivity contribution in [2.24, 2.45) is 0 Å². The zero-order valence-corrected chi connectivity index (χ0v) is 11.8. The van der Waals surface area contributed by atoms with Gasteiger partial charge >= 0.3 is 0 Å². The summed E-state index contributed by atoms with van der Waals surface area (Å²) in [5, 5.41) is 2.84. The summed E-state index contributed by atoms with van der Waals surface area (Å²) in [6.07, 6.45) is 2.78. The number of ether oxygens (including phenoxy) is 1. The molecular formula is C16H19NO3. The highest BCUT2D eigenvalue weighted by molar-refractivity contribution is 5.76. The molecule has 4 heteroatoms. The fourth-order valence-corrected chi connectivity index (χ4v) is 2.04. The van der Waals surface area contributed by atoms with Gasteiger partial charge in [-0.3, -0.25) is 4.79 Å². The number of carbonyl (C=O) groups excluding carboxylic acids is 1. The predicted octanol–water partition coefficient (Wildman–Crippen LogP) is 2.85.